The summed E-state index contributed by atoms with van der Waals surface area (Å²) in [6.07, 6.45) is 0.956. The maximum atomic E-state index is 14.0. The molecule has 2 heteroatoms. The molecule has 0 bridgehead atoms. The molecule has 0 aliphatic rings. The first kappa shape index (κ1) is 15.2. The van der Waals surface area contributed by atoms with E-state index in [1.807, 2.05) is 13.8 Å². The van der Waals surface area contributed by atoms with E-state index >= 15 is 0 Å². The lowest BCUT2D eigenvalue weighted by Crippen LogP contribution is -2.36. The summed E-state index contributed by atoms with van der Waals surface area (Å²) in [6, 6.07) is 3.70. The fraction of sp³-hybridized carbons (Fsp3) is 0.625. The van der Waals surface area contributed by atoms with Crippen molar-refractivity contribution in [3.63, 3.8) is 0 Å². The molecule has 0 radical (unpaired) electrons. The van der Waals surface area contributed by atoms with Crippen LogP contribution in [0.5, 0.6) is 0 Å². The van der Waals surface area contributed by atoms with Crippen LogP contribution >= 0.6 is 0 Å². The van der Waals surface area contributed by atoms with Gasteiger partial charge in [0, 0.05) is 5.54 Å². The zero-order chi connectivity index (χ0) is 13.9. The summed E-state index contributed by atoms with van der Waals surface area (Å²) in [4.78, 5) is 0. The van der Waals surface area contributed by atoms with Gasteiger partial charge in [-0.15, -0.1) is 0 Å². The van der Waals surface area contributed by atoms with Crippen molar-refractivity contribution in [1.82, 2.24) is 5.32 Å². The van der Waals surface area contributed by atoms with Crippen molar-refractivity contribution in [3.8, 4) is 0 Å². The summed E-state index contributed by atoms with van der Waals surface area (Å²) in [5.41, 5.74) is 3.06. The van der Waals surface area contributed by atoms with E-state index in [0.717, 1.165) is 29.7 Å². The van der Waals surface area contributed by atoms with Gasteiger partial charge in [0.05, 0.1) is 0 Å². The van der Waals surface area contributed by atoms with Crippen LogP contribution in [0.1, 0.15) is 56.7 Å². The molecule has 0 aliphatic heterocycles. The van der Waals surface area contributed by atoms with Crippen molar-refractivity contribution >= 4 is 0 Å². The highest BCUT2D eigenvalue weighted by molar-refractivity contribution is 5.34. The number of benzene rings is 1. The third-order valence-electron chi connectivity index (χ3n) is 3.21. The van der Waals surface area contributed by atoms with Gasteiger partial charge in [-0.25, -0.2) is 4.39 Å². The molecule has 0 saturated heterocycles. The number of hydrogen-bond donors (Lipinski definition) is 1. The van der Waals surface area contributed by atoms with E-state index in [-0.39, 0.29) is 17.3 Å². The van der Waals surface area contributed by atoms with Gasteiger partial charge in [0.15, 0.2) is 0 Å². The summed E-state index contributed by atoms with van der Waals surface area (Å²) in [6.45, 7) is 13.4. The van der Waals surface area contributed by atoms with Crippen molar-refractivity contribution in [2.24, 2.45) is 0 Å². The number of halogens is 1. The van der Waals surface area contributed by atoms with Gasteiger partial charge in [0.1, 0.15) is 5.82 Å². The van der Waals surface area contributed by atoms with Crippen LogP contribution in [0.3, 0.4) is 0 Å². The number of rotatable bonds is 4. The summed E-state index contributed by atoms with van der Waals surface area (Å²) >= 11 is 0. The minimum absolute atomic E-state index is 0.0595. The predicted octanol–water partition coefficient (Wildman–Crippen LogP) is 4.32. The van der Waals surface area contributed by atoms with E-state index in [0.29, 0.717) is 0 Å². The maximum Gasteiger partial charge on any atom is 0.127 e. The van der Waals surface area contributed by atoms with E-state index in [1.54, 1.807) is 6.07 Å². The maximum absolute atomic E-state index is 14.0. The van der Waals surface area contributed by atoms with Gasteiger partial charge < -0.3 is 5.32 Å². The lowest BCUT2D eigenvalue weighted by atomic mass is 9.91. The van der Waals surface area contributed by atoms with Gasteiger partial charge in [-0.2, -0.15) is 0 Å². The zero-order valence-electron chi connectivity index (χ0n) is 12.5. The highest BCUT2D eigenvalue weighted by Gasteiger charge is 2.15. The lowest BCUT2D eigenvalue weighted by molar-refractivity contribution is 0.411. The van der Waals surface area contributed by atoms with Crippen molar-refractivity contribution in [3.05, 3.63) is 34.6 Å². The Labute approximate surface area is 111 Å². The first-order valence-corrected chi connectivity index (χ1v) is 6.72. The Kier molecular flexibility index (Phi) is 4.92. The van der Waals surface area contributed by atoms with Crippen LogP contribution in [0.25, 0.3) is 0 Å². The molecule has 1 N–H and O–H groups in total. The molecule has 0 heterocycles. The van der Waals surface area contributed by atoms with Crippen molar-refractivity contribution in [2.45, 2.75) is 59.4 Å². The summed E-state index contributed by atoms with van der Waals surface area (Å²) in [7, 11) is 0. The highest BCUT2D eigenvalue weighted by atomic mass is 19.1. The molecule has 1 nitrogen and oxygen atoms in total. The van der Waals surface area contributed by atoms with Crippen LogP contribution in [0.2, 0.25) is 0 Å². The topological polar surface area (TPSA) is 12.0 Å². The Balaban J connectivity index is 2.70. The fourth-order valence-electron chi connectivity index (χ4n) is 2.36. The second-order valence-corrected chi connectivity index (χ2v) is 6.34. The summed E-state index contributed by atoms with van der Waals surface area (Å²) in [5, 5.41) is 3.45. The molecule has 0 aliphatic carbocycles. The van der Waals surface area contributed by atoms with E-state index in [1.165, 1.54) is 0 Å². The first-order chi connectivity index (χ1) is 8.20. The number of hydrogen-bond acceptors (Lipinski definition) is 1. The monoisotopic (exact) mass is 251 g/mol. The Bertz CT molecular complexity index is 381. The molecular weight excluding hydrogens is 225 g/mol. The van der Waals surface area contributed by atoms with Crippen molar-refractivity contribution in [1.29, 1.82) is 0 Å². The van der Waals surface area contributed by atoms with E-state index < -0.39 is 0 Å². The molecule has 1 aromatic rings. The minimum atomic E-state index is -0.0595. The Morgan fingerprint density at radius 3 is 2.33 bits per heavy atom. The van der Waals surface area contributed by atoms with E-state index in [2.05, 4.69) is 39.1 Å². The molecule has 0 saturated carbocycles. The average Bonchev–Trinajstić information content (AvgIpc) is 2.13. The number of aryl methyl sites for hydroxylation is 2. The second-order valence-electron chi connectivity index (χ2n) is 6.34. The van der Waals surface area contributed by atoms with Crippen LogP contribution in [0, 0.1) is 19.7 Å². The molecule has 0 amide bonds. The predicted molar refractivity (Wildman–Crippen MR) is 76.7 cm³/mol. The van der Waals surface area contributed by atoms with Gasteiger partial charge >= 0.3 is 0 Å². The molecule has 0 fully saturated rings. The normalized spacial score (nSPS) is 13.7. The SMILES string of the molecule is Cc1cc(C)c(C(C)CCNC(C)(C)C)c(F)c1. The van der Waals surface area contributed by atoms with E-state index in [4.69, 9.17) is 0 Å². The van der Waals surface area contributed by atoms with Crippen LogP contribution in [-0.4, -0.2) is 12.1 Å². The average molecular weight is 251 g/mol. The molecule has 1 atom stereocenters. The molecule has 1 unspecified atom stereocenters. The van der Waals surface area contributed by atoms with Crippen LogP contribution in [-0.2, 0) is 0 Å². The third kappa shape index (κ3) is 4.41. The lowest BCUT2D eigenvalue weighted by Gasteiger charge is -2.23. The quantitative estimate of drug-likeness (QED) is 0.840. The largest absolute Gasteiger partial charge is 0.312 e. The zero-order valence-corrected chi connectivity index (χ0v) is 12.5. The Hall–Kier alpha value is -0.890. The molecule has 102 valence electrons. The molecule has 1 rings (SSSR count). The molecular formula is C16H26FN. The Morgan fingerprint density at radius 1 is 1.22 bits per heavy atom. The second kappa shape index (κ2) is 5.83. The first-order valence-electron chi connectivity index (χ1n) is 6.72. The highest BCUT2D eigenvalue weighted by Crippen LogP contribution is 2.26. The minimum Gasteiger partial charge on any atom is -0.312 e. The van der Waals surface area contributed by atoms with Crippen LogP contribution in [0.15, 0.2) is 12.1 Å². The fourth-order valence-corrected chi connectivity index (χ4v) is 2.36. The van der Waals surface area contributed by atoms with Crippen molar-refractivity contribution < 1.29 is 4.39 Å². The van der Waals surface area contributed by atoms with Gasteiger partial charge in [0.25, 0.3) is 0 Å². The van der Waals surface area contributed by atoms with Crippen molar-refractivity contribution in [2.75, 3.05) is 6.54 Å². The van der Waals surface area contributed by atoms with Crippen LogP contribution in [0.4, 0.5) is 4.39 Å². The molecule has 1 aromatic carbocycles. The third-order valence-corrected chi connectivity index (χ3v) is 3.21. The van der Waals surface area contributed by atoms with Gasteiger partial charge in [-0.1, -0.05) is 13.0 Å². The van der Waals surface area contributed by atoms with E-state index in [9.17, 15) is 4.39 Å². The van der Waals surface area contributed by atoms with Crippen LogP contribution < -0.4 is 5.32 Å². The standard InChI is InChI=1S/C16H26FN/c1-11-9-13(3)15(14(17)10-11)12(2)7-8-18-16(4,5)6/h9-10,12,18H,7-8H2,1-6H3. The molecule has 18 heavy (non-hydrogen) atoms. The van der Waals surface area contributed by atoms with Gasteiger partial charge in [-0.05, 0) is 76.3 Å². The summed E-state index contributed by atoms with van der Waals surface area (Å²) in [5.74, 6) is 0.191. The van der Waals surface area contributed by atoms with Gasteiger partial charge in [-0.3, -0.25) is 0 Å². The summed E-state index contributed by atoms with van der Waals surface area (Å²) < 4.78 is 14.0. The number of nitrogens with one attached hydrogen (secondary N) is 1. The molecule has 0 spiro atoms. The van der Waals surface area contributed by atoms with Gasteiger partial charge in [0.2, 0.25) is 0 Å². The molecule has 0 aromatic heterocycles. The smallest absolute Gasteiger partial charge is 0.127 e. The Morgan fingerprint density at radius 2 is 1.83 bits per heavy atom.